The fraction of sp³-hybridized carbons (Fsp3) is 0.235. The first-order valence-corrected chi connectivity index (χ1v) is 15.6. The monoisotopic (exact) mass is 665 g/mol. The van der Waals surface area contributed by atoms with E-state index < -0.39 is 23.5 Å². The van der Waals surface area contributed by atoms with Crippen LogP contribution in [0.1, 0.15) is 34.0 Å². The number of nitrogens with zero attached hydrogens (tertiary/aromatic N) is 5. The lowest BCUT2D eigenvalue weighted by Gasteiger charge is -2.30. The average Bonchev–Trinajstić information content (AvgIpc) is 3.47. The number of thioether (sulfide) groups is 1. The summed E-state index contributed by atoms with van der Waals surface area (Å²) in [6.45, 7) is 0.0712. The number of aldehydes is 1. The van der Waals surface area contributed by atoms with Gasteiger partial charge < -0.3 is 9.67 Å². The number of carbonyl (C=O) groups is 1. The van der Waals surface area contributed by atoms with Gasteiger partial charge >= 0.3 is 6.18 Å². The minimum absolute atomic E-state index is 0.107. The van der Waals surface area contributed by atoms with Crippen molar-refractivity contribution < 1.29 is 27.5 Å². The van der Waals surface area contributed by atoms with E-state index in [1.54, 1.807) is 76.2 Å². The third-order valence-corrected chi connectivity index (χ3v) is 8.51. The zero-order valence-corrected chi connectivity index (χ0v) is 26.1. The van der Waals surface area contributed by atoms with E-state index in [9.17, 15) is 32.3 Å². The molecule has 8 nitrogen and oxygen atoms in total. The Morgan fingerprint density at radius 1 is 0.936 bits per heavy atom. The molecule has 5 rings (SSSR count). The molecular formula is C34H31F4N5O3S. The van der Waals surface area contributed by atoms with Gasteiger partial charge in [0.05, 0.1) is 18.4 Å². The van der Waals surface area contributed by atoms with Crippen molar-refractivity contribution in [3.8, 4) is 11.1 Å². The van der Waals surface area contributed by atoms with E-state index in [2.05, 4.69) is 10.1 Å². The lowest BCUT2D eigenvalue weighted by atomic mass is 10.0. The molecule has 2 aromatic heterocycles. The number of alkyl halides is 3. The van der Waals surface area contributed by atoms with Crippen LogP contribution in [0.2, 0.25) is 0 Å². The molecule has 0 aliphatic rings. The van der Waals surface area contributed by atoms with Gasteiger partial charge in [-0.1, -0.05) is 60.3 Å². The molecular weight excluding hydrogens is 634 g/mol. The van der Waals surface area contributed by atoms with E-state index in [-0.39, 0.29) is 37.1 Å². The maximum Gasteiger partial charge on any atom is 0.416 e. The van der Waals surface area contributed by atoms with Gasteiger partial charge in [-0.25, -0.2) is 4.39 Å². The highest BCUT2D eigenvalue weighted by atomic mass is 32.2. The van der Waals surface area contributed by atoms with Crippen molar-refractivity contribution in [1.29, 1.82) is 0 Å². The molecule has 1 atom stereocenters. The SMILES string of the molecule is Cn1cc(Cc2cn(C(C=O)N(CCO)Cc3ccc(-c4ccc(C(F)(F)F)cc4)cc3)c(SCc3ccc(F)cc3)nc2=O)cn1. The van der Waals surface area contributed by atoms with Crippen LogP contribution in [-0.2, 0) is 36.7 Å². The van der Waals surface area contributed by atoms with Gasteiger partial charge in [0.25, 0.3) is 5.56 Å². The summed E-state index contributed by atoms with van der Waals surface area (Å²) in [5.41, 5.74) is 2.86. The molecule has 0 fully saturated rings. The van der Waals surface area contributed by atoms with Crippen LogP contribution in [0, 0.1) is 5.82 Å². The fourth-order valence-electron chi connectivity index (χ4n) is 5.07. The van der Waals surface area contributed by atoms with Gasteiger partial charge in [0, 0.05) is 50.3 Å². The molecule has 1 N–H and O–H groups in total. The van der Waals surface area contributed by atoms with E-state index in [0.29, 0.717) is 28.7 Å². The van der Waals surface area contributed by atoms with Crippen LogP contribution >= 0.6 is 11.8 Å². The lowest BCUT2D eigenvalue weighted by Crippen LogP contribution is -2.37. The summed E-state index contributed by atoms with van der Waals surface area (Å²) in [6, 6.07) is 18.0. The minimum atomic E-state index is -4.42. The third-order valence-electron chi connectivity index (χ3n) is 7.48. The Morgan fingerprint density at radius 2 is 1.57 bits per heavy atom. The summed E-state index contributed by atoms with van der Waals surface area (Å²) >= 11 is 1.22. The molecule has 0 saturated heterocycles. The lowest BCUT2D eigenvalue weighted by molar-refractivity contribution is -0.137. The van der Waals surface area contributed by atoms with E-state index in [0.717, 1.165) is 28.8 Å². The van der Waals surface area contributed by atoms with E-state index in [1.807, 2.05) is 0 Å². The Balaban J connectivity index is 1.44. The maximum absolute atomic E-state index is 13.5. The number of aliphatic hydroxyl groups excluding tert-OH is 1. The smallest absolute Gasteiger partial charge is 0.395 e. The van der Waals surface area contributed by atoms with Crippen LogP contribution in [0.3, 0.4) is 0 Å². The van der Waals surface area contributed by atoms with Crippen LogP contribution in [0.15, 0.2) is 101 Å². The predicted octanol–water partition coefficient (Wildman–Crippen LogP) is 5.88. The van der Waals surface area contributed by atoms with Crippen molar-refractivity contribution in [3.05, 3.63) is 135 Å². The Bertz CT molecular complexity index is 1860. The Kier molecular flexibility index (Phi) is 10.7. The molecule has 0 saturated carbocycles. The van der Waals surface area contributed by atoms with Crippen LogP contribution in [0.25, 0.3) is 11.1 Å². The summed E-state index contributed by atoms with van der Waals surface area (Å²) in [4.78, 5) is 32.0. The number of hydrogen-bond acceptors (Lipinski definition) is 7. The summed E-state index contributed by atoms with van der Waals surface area (Å²) in [5, 5.41) is 14.4. The Labute approximate surface area is 272 Å². The third kappa shape index (κ3) is 8.61. The molecule has 0 amide bonds. The van der Waals surface area contributed by atoms with Crippen molar-refractivity contribution in [1.82, 2.24) is 24.2 Å². The zero-order valence-electron chi connectivity index (χ0n) is 25.3. The normalized spacial score (nSPS) is 12.4. The van der Waals surface area contributed by atoms with E-state index in [4.69, 9.17) is 0 Å². The molecule has 47 heavy (non-hydrogen) atoms. The van der Waals surface area contributed by atoms with Crippen LogP contribution in [-0.4, -0.2) is 48.8 Å². The summed E-state index contributed by atoms with van der Waals surface area (Å²) in [5.74, 6) is -0.0207. The van der Waals surface area contributed by atoms with Crippen molar-refractivity contribution in [2.45, 2.75) is 36.2 Å². The Morgan fingerprint density at radius 3 is 2.15 bits per heavy atom. The molecule has 1 unspecified atom stereocenters. The summed E-state index contributed by atoms with van der Waals surface area (Å²) in [6.07, 6.45) is 0.594. The molecule has 0 bridgehead atoms. The number of hydrogen-bond donors (Lipinski definition) is 1. The van der Waals surface area contributed by atoms with E-state index >= 15 is 0 Å². The first kappa shape index (κ1) is 33.8. The standard InChI is InChI=1S/C34H31F4N5O3S/c1-41-18-25(17-39-41)16-28-20-43(33(40-32(28)46)47-22-24-4-12-30(35)13-5-24)31(21-45)42(14-15-44)19-23-2-6-26(7-3-23)27-8-10-29(11-9-27)34(36,37)38/h2-13,17-18,20-21,31,44H,14-16,19,22H2,1H3. The van der Waals surface area contributed by atoms with Gasteiger partial charge in [-0.05, 0) is 52.1 Å². The first-order chi connectivity index (χ1) is 22.5. The minimum Gasteiger partial charge on any atom is -0.395 e. The number of rotatable bonds is 13. The molecule has 3 aromatic carbocycles. The van der Waals surface area contributed by atoms with Gasteiger partial charge in [0.15, 0.2) is 11.4 Å². The van der Waals surface area contributed by atoms with Crippen molar-refractivity contribution >= 4 is 18.0 Å². The summed E-state index contributed by atoms with van der Waals surface area (Å²) in [7, 11) is 1.76. The van der Waals surface area contributed by atoms with Crippen molar-refractivity contribution in [2.75, 3.05) is 13.2 Å². The highest BCUT2D eigenvalue weighted by molar-refractivity contribution is 7.98. The van der Waals surface area contributed by atoms with Gasteiger partial charge in [0.2, 0.25) is 0 Å². The maximum atomic E-state index is 13.5. The molecule has 2 heterocycles. The van der Waals surface area contributed by atoms with Gasteiger partial charge in [-0.2, -0.15) is 23.3 Å². The molecule has 244 valence electrons. The molecule has 0 aliphatic heterocycles. The number of aliphatic hydroxyl groups is 1. The second-order valence-electron chi connectivity index (χ2n) is 10.9. The van der Waals surface area contributed by atoms with Crippen LogP contribution in [0.5, 0.6) is 0 Å². The quantitative estimate of drug-likeness (QED) is 0.0728. The Hall–Kier alpha value is -4.59. The number of benzene rings is 3. The van der Waals surface area contributed by atoms with Crippen LogP contribution < -0.4 is 5.56 Å². The van der Waals surface area contributed by atoms with Gasteiger partial charge in [-0.15, -0.1) is 0 Å². The highest BCUT2D eigenvalue weighted by Crippen LogP contribution is 2.31. The molecule has 13 heteroatoms. The molecule has 5 aromatic rings. The fourth-order valence-corrected chi connectivity index (χ4v) is 6.02. The summed E-state index contributed by atoms with van der Waals surface area (Å²) < 4.78 is 55.7. The largest absolute Gasteiger partial charge is 0.416 e. The molecule has 0 spiro atoms. The average molecular weight is 666 g/mol. The topological polar surface area (TPSA) is 93.3 Å². The molecule has 0 aliphatic carbocycles. The zero-order chi connectivity index (χ0) is 33.6. The number of aryl methyl sites for hydroxylation is 1. The number of aromatic nitrogens is 4. The second kappa shape index (κ2) is 14.9. The second-order valence-corrected chi connectivity index (χ2v) is 11.8. The predicted molar refractivity (Wildman–Crippen MR) is 170 cm³/mol. The first-order valence-electron chi connectivity index (χ1n) is 14.6. The van der Waals surface area contributed by atoms with Crippen molar-refractivity contribution in [3.63, 3.8) is 0 Å². The number of carbonyl (C=O) groups excluding carboxylic acids is 1. The van der Waals surface area contributed by atoms with Gasteiger partial charge in [0.1, 0.15) is 12.0 Å². The highest BCUT2D eigenvalue weighted by Gasteiger charge is 2.30. The molecule has 0 radical (unpaired) electrons. The van der Waals surface area contributed by atoms with Gasteiger partial charge in [-0.3, -0.25) is 19.2 Å². The van der Waals surface area contributed by atoms with Crippen molar-refractivity contribution in [2.24, 2.45) is 7.05 Å². The van der Waals surface area contributed by atoms with E-state index in [1.165, 1.54) is 36.0 Å². The van der Waals surface area contributed by atoms with Crippen LogP contribution in [0.4, 0.5) is 17.6 Å². The number of halogens is 4.